The van der Waals surface area contributed by atoms with Crippen molar-refractivity contribution in [3.05, 3.63) is 23.8 Å². The maximum absolute atomic E-state index is 12.3. The van der Waals surface area contributed by atoms with E-state index in [1.165, 1.54) is 0 Å². The Labute approximate surface area is 114 Å². The molecule has 1 amide bonds. The molecular weight excluding hydrogens is 240 g/mol. The Hall–Kier alpha value is -2.15. The van der Waals surface area contributed by atoms with Gasteiger partial charge in [-0.25, -0.2) is 0 Å². The summed E-state index contributed by atoms with van der Waals surface area (Å²) in [6.45, 7) is 4.31. The first kappa shape index (κ1) is 14.9. The summed E-state index contributed by atoms with van der Waals surface area (Å²) in [5.41, 5.74) is 6.64. The van der Waals surface area contributed by atoms with Crippen molar-refractivity contribution in [2.45, 2.75) is 32.7 Å². The minimum Gasteiger partial charge on any atom is -0.493 e. The van der Waals surface area contributed by atoms with Crippen LogP contribution in [0.1, 0.15) is 37.0 Å². The van der Waals surface area contributed by atoms with E-state index in [1.54, 1.807) is 18.2 Å². The molecule has 1 rings (SSSR count). The van der Waals surface area contributed by atoms with Gasteiger partial charge in [-0.1, -0.05) is 13.0 Å². The van der Waals surface area contributed by atoms with Crippen molar-refractivity contribution in [1.82, 2.24) is 5.32 Å². The molecule has 1 unspecified atom stereocenters. The van der Waals surface area contributed by atoms with Gasteiger partial charge in [0.15, 0.2) is 0 Å². The van der Waals surface area contributed by atoms with Gasteiger partial charge in [-0.05, 0) is 25.5 Å². The number of amides is 1. The van der Waals surface area contributed by atoms with Gasteiger partial charge in [-0.3, -0.25) is 4.79 Å². The van der Waals surface area contributed by atoms with Gasteiger partial charge >= 0.3 is 0 Å². The minimum absolute atomic E-state index is 0.0495. The Morgan fingerprint density at radius 3 is 2.84 bits per heavy atom. The third-order valence-corrected chi connectivity index (χ3v) is 2.78. The second-order valence-electron chi connectivity index (χ2n) is 4.14. The maximum Gasteiger partial charge on any atom is 0.257 e. The molecular formula is C15H20N2O2. The second-order valence-corrected chi connectivity index (χ2v) is 4.14. The third-order valence-electron chi connectivity index (χ3n) is 2.78. The summed E-state index contributed by atoms with van der Waals surface area (Å²) in [6.07, 6.45) is 6.55. The molecule has 19 heavy (non-hydrogen) atoms. The zero-order chi connectivity index (χ0) is 14.3. The van der Waals surface area contributed by atoms with E-state index in [4.69, 9.17) is 16.9 Å². The van der Waals surface area contributed by atoms with Gasteiger partial charge in [0.25, 0.3) is 5.91 Å². The molecule has 0 saturated heterocycles. The standard InChI is InChI=1S/C15H20N2O2/c1-4-8-11(5-2)17-15(18)14-12(16)9-7-10-13(14)19-6-3/h1,7,9-11H,5-6,8,16H2,2-3H3,(H,17,18). The van der Waals surface area contributed by atoms with Crippen LogP contribution < -0.4 is 15.8 Å². The highest BCUT2D eigenvalue weighted by Gasteiger charge is 2.18. The SMILES string of the molecule is C#CCC(CC)NC(=O)c1c(N)cccc1OCC. The Morgan fingerprint density at radius 2 is 2.26 bits per heavy atom. The van der Waals surface area contributed by atoms with Gasteiger partial charge < -0.3 is 15.8 Å². The van der Waals surface area contributed by atoms with Crippen molar-refractivity contribution >= 4 is 11.6 Å². The number of ether oxygens (including phenoxy) is 1. The number of hydrogen-bond acceptors (Lipinski definition) is 3. The molecule has 1 atom stereocenters. The van der Waals surface area contributed by atoms with Crippen LogP contribution in [0.5, 0.6) is 5.75 Å². The van der Waals surface area contributed by atoms with Gasteiger partial charge in [-0.15, -0.1) is 12.3 Å². The predicted molar refractivity (Wildman–Crippen MR) is 77.0 cm³/mol. The number of hydrogen-bond donors (Lipinski definition) is 2. The van der Waals surface area contributed by atoms with E-state index in [1.807, 2.05) is 13.8 Å². The summed E-state index contributed by atoms with van der Waals surface area (Å²) >= 11 is 0. The number of benzene rings is 1. The Morgan fingerprint density at radius 1 is 1.53 bits per heavy atom. The largest absolute Gasteiger partial charge is 0.493 e. The average Bonchev–Trinajstić information content (AvgIpc) is 2.38. The van der Waals surface area contributed by atoms with Crippen LogP contribution in [0.15, 0.2) is 18.2 Å². The van der Waals surface area contributed by atoms with Crippen LogP contribution in [-0.2, 0) is 0 Å². The van der Waals surface area contributed by atoms with Crippen molar-refractivity contribution in [3.8, 4) is 18.1 Å². The molecule has 0 heterocycles. The lowest BCUT2D eigenvalue weighted by atomic mass is 10.1. The number of nitrogens with one attached hydrogen (secondary N) is 1. The van der Waals surface area contributed by atoms with E-state index in [0.29, 0.717) is 30.0 Å². The molecule has 4 heteroatoms. The average molecular weight is 260 g/mol. The van der Waals surface area contributed by atoms with Gasteiger partial charge in [0.05, 0.1) is 6.61 Å². The highest BCUT2D eigenvalue weighted by molar-refractivity contribution is 6.02. The summed E-state index contributed by atoms with van der Waals surface area (Å²) in [5, 5.41) is 2.88. The molecule has 0 aliphatic carbocycles. The highest BCUT2D eigenvalue weighted by atomic mass is 16.5. The predicted octanol–water partition coefficient (Wildman–Crippen LogP) is 2.20. The Kier molecular flexibility index (Phi) is 5.74. The first-order valence-electron chi connectivity index (χ1n) is 6.39. The van der Waals surface area contributed by atoms with Gasteiger partial charge in [0.1, 0.15) is 11.3 Å². The molecule has 1 aromatic carbocycles. The van der Waals surface area contributed by atoms with Crippen molar-refractivity contribution in [1.29, 1.82) is 0 Å². The Balaban J connectivity index is 2.95. The molecule has 0 aromatic heterocycles. The van der Waals surface area contributed by atoms with Gasteiger partial charge in [0.2, 0.25) is 0 Å². The molecule has 3 N–H and O–H groups in total. The summed E-state index contributed by atoms with van der Waals surface area (Å²) in [7, 11) is 0. The van der Waals surface area contributed by atoms with E-state index in [0.717, 1.165) is 6.42 Å². The van der Waals surface area contributed by atoms with E-state index in [9.17, 15) is 4.79 Å². The third kappa shape index (κ3) is 3.92. The molecule has 1 aromatic rings. The quantitative estimate of drug-likeness (QED) is 0.609. The molecule has 0 radical (unpaired) electrons. The topological polar surface area (TPSA) is 64.4 Å². The van der Waals surface area contributed by atoms with Crippen LogP contribution in [0.4, 0.5) is 5.69 Å². The summed E-state index contributed by atoms with van der Waals surface area (Å²) in [6, 6.07) is 5.12. The zero-order valence-electron chi connectivity index (χ0n) is 11.4. The number of nitrogen functional groups attached to an aromatic ring is 1. The highest BCUT2D eigenvalue weighted by Crippen LogP contribution is 2.24. The fourth-order valence-electron chi connectivity index (χ4n) is 1.76. The van der Waals surface area contributed by atoms with Crippen molar-refractivity contribution < 1.29 is 9.53 Å². The van der Waals surface area contributed by atoms with Crippen LogP contribution in [0.3, 0.4) is 0 Å². The first-order valence-corrected chi connectivity index (χ1v) is 6.39. The van der Waals surface area contributed by atoms with E-state index in [2.05, 4.69) is 11.2 Å². The summed E-state index contributed by atoms with van der Waals surface area (Å²) in [4.78, 5) is 12.3. The van der Waals surface area contributed by atoms with Gasteiger partial charge in [-0.2, -0.15) is 0 Å². The molecule has 4 nitrogen and oxygen atoms in total. The molecule has 0 aliphatic heterocycles. The minimum atomic E-state index is -0.247. The number of carbonyl (C=O) groups excluding carboxylic acids is 1. The number of anilines is 1. The summed E-state index contributed by atoms with van der Waals surface area (Å²) < 4.78 is 5.43. The fourth-order valence-corrected chi connectivity index (χ4v) is 1.76. The Bertz CT molecular complexity index is 478. The molecule has 0 bridgehead atoms. The van der Waals surface area contributed by atoms with E-state index in [-0.39, 0.29) is 11.9 Å². The zero-order valence-corrected chi connectivity index (χ0v) is 11.4. The van der Waals surface area contributed by atoms with Crippen molar-refractivity contribution in [2.24, 2.45) is 0 Å². The van der Waals surface area contributed by atoms with Crippen LogP contribution >= 0.6 is 0 Å². The molecule has 0 fully saturated rings. The number of rotatable bonds is 6. The first-order chi connectivity index (χ1) is 9.13. The lowest BCUT2D eigenvalue weighted by Gasteiger charge is -2.17. The second kappa shape index (κ2) is 7.32. The van der Waals surface area contributed by atoms with Crippen LogP contribution in [0.25, 0.3) is 0 Å². The lowest BCUT2D eigenvalue weighted by molar-refractivity contribution is 0.0934. The number of terminal acetylenes is 1. The normalized spacial score (nSPS) is 11.4. The van der Waals surface area contributed by atoms with Crippen molar-refractivity contribution in [3.63, 3.8) is 0 Å². The summed E-state index contributed by atoms with van der Waals surface area (Å²) in [5.74, 6) is 2.80. The van der Waals surface area contributed by atoms with E-state index < -0.39 is 0 Å². The molecule has 102 valence electrons. The number of nitrogens with two attached hydrogens (primary N) is 1. The number of carbonyl (C=O) groups is 1. The van der Waals surface area contributed by atoms with Gasteiger partial charge in [0, 0.05) is 18.2 Å². The van der Waals surface area contributed by atoms with Crippen molar-refractivity contribution in [2.75, 3.05) is 12.3 Å². The molecule has 0 spiro atoms. The molecule has 0 saturated carbocycles. The van der Waals surface area contributed by atoms with Crippen LogP contribution in [0.2, 0.25) is 0 Å². The maximum atomic E-state index is 12.3. The van der Waals surface area contributed by atoms with Crippen LogP contribution in [-0.4, -0.2) is 18.6 Å². The van der Waals surface area contributed by atoms with Crippen LogP contribution in [0, 0.1) is 12.3 Å². The fraction of sp³-hybridized carbons (Fsp3) is 0.400. The monoisotopic (exact) mass is 260 g/mol. The molecule has 0 aliphatic rings. The smallest absolute Gasteiger partial charge is 0.257 e. The van der Waals surface area contributed by atoms with E-state index >= 15 is 0 Å². The lowest BCUT2D eigenvalue weighted by Crippen LogP contribution is -2.34.